The van der Waals surface area contributed by atoms with Crippen LogP contribution in [0.3, 0.4) is 0 Å². The van der Waals surface area contributed by atoms with Gasteiger partial charge >= 0.3 is 0 Å². The molecule has 0 aliphatic rings. The summed E-state index contributed by atoms with van der Waals surface area (Å²) < 4.78 is 0. The Morgan fingerprint density at radius 1 is 0.750 bits per heavy atom. The zero-order valence-corrected chi connectivity index (χ0v) is 9.69. The van der Waals surface area contributed by atoms with Crippen molar-refractivity contribution in [1.82, 2.24) is 0 Å². The standard InChI is InChI=1S/Mo.Re.2Ru. The summed E-state index contributed by atoms with van der Waals surface area (Å²) in [5.74, 6) is 0. The molecule has 0 aromatic rings. The van der Waals surface area contributed by atoms with Crippen molar-refractivity contribution in [3.05, 3.63) is 0 Å². The quantitative estimate of drug-likeness (QED) is 0.425. The van der Waals surface area contributed by atoms with Gasteiger partial charge in [0.2, 0.25) is 0 Å². The molecular weight excluding hydrogens is 484 g/mol. The van der Waals surface area contributed by atoms with Gasteiger partial charge in [-0.15, -0.1) is 0 Å². The van der Waals surface area contributed by atoms with E-state index in [1.165, 1.54) is 0 Å². The second-order valence-electron chi connectivity index (χ2n) is 0. The van der Waals surface area contributed by atoms with Gasteiger partial charge in [0.15, 0.2) is 0 Å². The summed E-state index contributed by atoms with van der Waals surface area (Å²) in [6.07, 6.45) is 0. The fraction of sp³-hybridized carbons (Fsp3) is 0. The van der Waals surface area contributed by atoms with Crippen molar-refractivity contribution in [2.45, 2.75) is 0 Å². The molecule has 0 aromatic heterocycles. The van der Waals surface area contributed by atoms with E-state index in [2.05, 4.69) is 0 Å². The third kappa shape index (κ3) is 8.82. The van der Waals surface area contributed by atoms with E-state index in [0.717, 1.165) is 0 Å². The first-order chi connectivity index (χ1) is 0. The molecule has 0 amide bonds. The van der Waals surface area contributed by atoms with Crippen LogP contribution in [0.5, 0.6) is 0 Å². The molecule has 0 spiro atoms. The second kappa shape index (κ2) is 17.5. The van der Waals surface area contributed by atoms with Crippen LogP contribution in [0.25, 0.3) is 0 Å². The van der Waals surface area contributed by atoms with Crippen LogP contribution in [0.4, 0.5) is 0 Å². The molecule has 0 rings (SSSR count). The van der Waals surface area contributed by atoms with Gasteiger partial charge in [0, 0.05) is 80.4 Å². The summed E-state index contributed by atoms with van der Waals surface area (Å²) in [5.41, 5.74) is 0. The fourth-order valence-electron chi connectivity index (χ4n) is 0. The van der Waals surface area contributed by atoms with Crippen molar-refractivity contribution in [2.24, 2.45) is 0 Å². The van der Waals surface area contributed by atoms with Crippen LogP contribution in [0.15, 0.2) is 0 Å². The van der Waals surface area contributed by atoms with Crippen molar-refractivity contribution in [2.75, 3.05) is 0 Å². The molecule has 0 aliphatic heterocycles. The van der Waals surface area contributed by atoms with Crippen LogP contribution < -0.4 is 0 Å². The van der Waals surface area contributed by atoms with Crippen LogP contribution in [-0.2, 0) is 80.4 Å². The van der Waals surface area contributed by atoms with Crippen molar-refractivity contribution in [1.29, 1.82) is 0 Å². The molecule has 0 atom stereocenters. The molecule has 0 nitrogen and oxygen atoms in total. The minimum Gasteiger partial charge on any atom is 0 e. The predicted octanol–water partition coefficient (Wildman–Crippen LogP) is -0.0100. The molecule has 0 aliphatic carbocycles. The first-order valence-corrected chi connectivity index (χ1v) is 0. The zero-order valence-electron chi connectivity index (χ0n) is 1.49. The fourth-order valence-corrected chi connectivity index (χ4v) is 0. The van der Waals surface area contributed by atoms with Crippen molar-refractivity contribution >= 4 is 0 Å². The third-order valence-electron chi connectivity index (χ3n) is 0. The Morgan fingerprint density at radius 3 is 0.750 bits per heavy atom. The van der Waals surface area contributed by atoms with E-state index in [1.54, 1.807) is 0 Å². The summed E-state index contributed by atoms with van der Waals surface area (Å²) in [6, 6.07) is 0. The average Bonchev–Trinajstić information content (AvgIpc) is 0. The average molecular weight is 484 g/mol. The first-order valence-electron chi connectivity index (χ1n) is 0. The van der Waals surface area contributed by atoms with Crippen LogP contribution in [0.2, 0.25) is 0 Å². The largest absolute Gasteiger partial charge is 0 e. The molecule has 1 radical (unpaired) electrons. The van der Waals surface area contributed by atoms with Gasteiger partial charge in [-0.25, -0.2) is 0 Å². The summed E-state index contributed by atoms with van der Waals surface area (Å²) in [4.78, 5) is 0. The van der Waals surface area contributed by atoms with E-state index < -0.39 is 0 Å². The van der Waals surface area contributed by atoms with Gasteiger partial charge in [-0.05, 0) is 0 Å². The summed E-state index contributed by atoms with van der Waals surface area (Å²) in [7, 11) is 0. The van der Waals surface area contributed by atoms with Crippen LogP contribution in [0, 0.1) is 0 Å². The Kier molecular flexibility index (Phi) is 134. The zero-order chi connectivity index (χ0) is 0. The van der Waals surface area contributed by atoms with Crippen molar-refractivity contribution < 1.29 is 80.4 Å². The maximum Gasteiger partial charge on any atom is 0 e. The van der Waals surface area contributed by atoms with E-state index in [-0.39, 0.29) is 80.4 Å². The van der Waals surface area contributed by atoms with E-state index in [9.17, 15) is 0 Å². The summed E-state index contributed by atoms with van der Waals surface area (Å²) in [5, 5.41) is 0. The van der Waals surface area contributed by atoms with E-state index in [4.69, 9.17) is 0 Å². The SMILES string of the molecule is [Mo].[Re].[Ru].[Ru]. The van der Waals surface area contributed by atoms with Gasteiger partial charge < -0.3 is 0 Å². The minimum absolute atomic E-state index is 0. The van der Waals surface area contributed by atoms with Gasteiger partial charge in [0.1, 0.15) is 0 Å². The molecule has 4 heavy (non-hydrogen) atoms. The maximum absolute atomic E-state index is 0. The van der Waals surface area contributed by atoms with Crippen LogP contribution in [0.1, 0.15) is 0 Å². The van der Waals surface area contributed by atoms with Crippen LogP contribution in [-0.4, -0.2) is 0 Å². The number of hydrogen-bond donors (Lipinski definition) is 0. The van der Waals surface area contributed by atoms with Gasteiger partial charge in [0.05, 0.1) is 0 Å². The Labute approximate surface area is 79.3 Å². The Bertz CT molecular complexity index is 6.00. The first kappa shape index (κ1) is 30.6. The molecule has 4 heteroatoms. The van der Waals surface area contributed by atoms with Gasteiger partial charge in [-0.1, -0.05) is 0 Å². The van der Waals surface area contributed by atoms with E-state index in [0.29, 0.717) is 0 Å². The molecule has 0 N–H and O–H groups in total. The van der Waals surface area contributed by atoms with Gasteiger partial charge in [-0.2, -0.15) is 0 Å². The Morgan fingerprint density at radius 2 is 0.750 bits per heavy atom. The summed E-state index contributed by atoms with van der Waals surface area (Å²) in [6.45, 7) is 0. The van der Waals surface area contributed by atoms with Gasteiger partial charge in [0.25, 0.3) is 0 Å². The number of rotatable bonds is 0. The summed E-state index contributed by atoms with van der Waals surface area (Å²) >= 11 is 0. The normalized spacial score (nSPS) is 0. The molecular formula is MoReRu2. The molecule has 0 unspecified atom stereocenters. The monoisotopic (exact) mass is 489 g/mol. The van der Waals surface area contributed by atoms with Gasteiger partial charge in [-0.3, -0.25) is 0 Å². The molecule has 0 saturated heterocycles. The van der Waals surface area contributed by atoms with Crippen molar-refractivity contribution in [3.63, 3.8) is 0 Å². The Hall–Kier alpha value is 2.60. The molecule has 0 heterocycles. The smallest absolute Gasteiger partial charge is 0 e. The molecule has 0 fully saturated rings. The second-order valence-corrected chi connectivity index (χ2v) is 0. The molecule has 0 bridgehead atoms. The molecule has 29 valence electrons. The minimum atomic E-state index is 0. The van der Waals surface area contributed by atoms with Crippen molar-refractivity contribution in [3.8, 4) is 0 Å². The Balaban J connectivity index is 0. The predicted molar refractivity (Wildman–Crippen MR) is 0 cm³/mol. The topological polar surface area (TPSA) is 0 Å². The maximum atomic E-state index is 0. The van der Waals surface area contributed by atoms with Crippen LogP contribution >= 0.6 is 0 Å². The number of hydrogen-bond acceptors (Lipinski definition) is 0. The molecule has 0 saturated carbocycles. The molecule has 0 aromatic carbocycles. The van der Waals surface area contributed by atoms with E-state index >= 15 is 0 Å². The van der Waals surface area contributed by atoms with E-state index in [1.807, 2.05) is 0 Å². The third-order valence-corrected chi connectivity index (χ3v) is 0.